The molecule has 1 aromatic carbocycles. The van der Waals surface area contributed by atoms with Crippen molar-refractivity contribution in [3.63, 3.8) is 0 Å². The van der Waals surface area contributed by atoms with Crippen molar-refractivity contribution in [2.75, 3.05) is 19.0 Å². The summed E-state index contributed by atoms with van der Waals surface area (Å²) >= 11 is 3.17. The van der Waals surface area contributed by atoms with E-state index in [0.29, 0.717) is 23.1 Å². The first-order valence-corrected chi connectivity index (χ1v) is 6.31. The topological polar surface area (TPSA) is 38.3 Å². The van der Waals surface area contributed by atoms with E-state index in [1.54, 1.807) is 0 Å². The Kier molecular flexibility index (Phi) is 5.65. The van der Waals surface area contributed by atoms with E-state index in [1.807, 2.05) is 0 Å². The summed E-state index contributed by atoms with van der Waals surface area (Å²) in [7, 11) is 1.29. The number of hydrogen-bond acceptors (Lipinski definition) is 3. The van der Waals surface area contributed by atoms with Crippen molar-refractivity contribution in [1.82, 2.24) is 0 Å². The number of ether oxygens (including phenoxy) is 1. The Morgan fingerprint density at radius 3 is 2.68 bits per heavy atom. The predicted molar refractivity (Wildman–Crippen MR) is 68.9 cm³/mol. The first-order chi connectivity index (χ1) is 8.84. The fourth-order valence-corrected chi connectivity index (χ4v) is 1.78. The molecule has 3 nitrogen and oxygen atoms in total. The van der Waals surface area contributed by atoms with Crippen LogP contribution in [0.3, 0.4) is 0 Å². The van der Waals surface area contributed by atoms with Gasteiger partial charge in [0.05, 0.1) is 12.7 Å². The summed E-state index contributed by atoms with van der Waals surface area (Å²) in [5.41, 5.74) is -0.370. The monoisotopic (exact) mass is 339 g/mol. The lowest BCUT2D eigenvalue weighted by molar-refractivity contribution is -0.140. The zero-order valence-electron chi connectivity index (χ0n) is 10.2. The Bertz CT molecular complexity index is 449. The van der Waals surface area contributed by atoms with Crippen LogP contribution in [0.15, 0.2) is 22.7 Å². The first kappa shape index (κ1) is 15.8. The molecule has 0 radical (unpaired) electrons. The summed E-state index contributed by atoms with van der Waals surface area (Å²) in [4.78, 5) is 10.9. The van der Waals surface area contributed by atoms with Crippen molar-refractivity contribution in [3.8, 4) is 0 Å². The molecular formula is C12H13BrF3NO2. The minimum atomic E-state index is -4.37. The van der Waals surface area contributed by atoms with Crippen LogP contribution in [0.4, 0.5) is 18.9 Å². The van der Waals surface area contributed by atoms with E-state index in [-0.39, 0.29) is 12.4 Å². The van der Waals surface area contributed by atoms with Crippen molar-refractivity contribution in [1.29, 1.82) is 0 Å². The second-order valence-electron chi connectivity index (χ2n) is 3.80. The van der Waals surface area contributed by atoms with Gasteiger partial charge in [0.1, 0.15) is 0 Å². The molecule has 0 bridgehead atoms. The Labute approximate surface area is 117 Å². The van der Waals surface area contributed by atoms with Crippen LogP contribution in [-0.4, -0.2) is 19.6 Å². The number of rotatable bonds is 5. The Hall–Kier alpha value is -1.24. The van der Waals surface area contributed by atoms with Gasteiger partial charge in [0.15, 0.2) is 0 Å². The highest BCUT2D eigenvalue weighted by atomic mass is 79.9. The van der Waals surface area contributed by atoms with Gasteiger partial charge in [-0.3, -0.25) is 4.79 Å². The summed E-state index contributed by atoms with van der Waals surface area (Å²) < 4.78 is 42.6. The van der Waals surface area contributed by atoms with Crippen molar-refractivity contribution in [2.24, 2.45) is 0 Å². The maximum absolute atomic E-state index is 12.5. The molecule has 0 saturated heterocycles. The molecular weight excluding hydrogens is 327 g/mol. The number of anilines is 1. The van der Waals surface area contributed by atoms with Crippen LogP contribution in [0.25, 0.3) is 0 Å². The maximum atomic E-state index is 12.5. The van der Waals surface area contributed by atoms with Crippen LogP contribution in [0, 0.1) is 0 Å². The molecule has 0 unspecified atom stereocenters. The van der Waals surface area contributed by atoms with Crippen LogP contribution in [0.1, 0.15) is 18.4 Å². The number of hydrogen-bond donors (Lipinski definition) is 1. The molecule has 0 atom stereocenters. The third-order valence-electron chi connectivity index (χ3n) is 2.39. The molecule has 1 N–H and O–H groups in total. The molecule has 7 heteroatoms. The smallest absolute Gasteiger partial charge is 0.416 e. The minimum absolute atomic E-state index is 0.222. The van der Waals surface area contributed by atoms with Crippen molar-refractivity contribution in [3.05, 3.63) is 28.2 Å². The number of halogens is 4. The van der Waals surface area contributed by atoms with Crippen molar-refractivity contribution in [2.45, 2.75) is 19.0 Å². The van der Waals surface area contributed by atoms with Crippen LogP contribution < -0.4 is 5.32 Å². The van der Waals surface area contributed by atoms with E-state index < -0.39 is 11.7 Å². The number of esters is 1. The zero-order chi connectivity index (χ0) is 14.5. The summed E-state index contributed by atoms with van der Waals surface area (Å²) in [5, 5.41) is 2.85. The van der Waals surface area contributed by atoms with Gasteiger partial charge in [0.25, 0.3) is 0 Å². The number of carbonyl (C=O) groups is 1. The highest BCUT2D eigenvalue weighted by Gasteiger charge is 2.30. The molecule has 0 saturated carbocycles. The SMILES string of the molecule is COC(=O)CCCNc1cc(C(F)(F)F)ccc1Br. The van der Waals surface area contributed by atoms with Crippen LogP contribution in [-0.2, 0) is 15.7 Å². The van der Waals surface area contributed by atoms with Gasteiger partial charge in [-0.05, 0) is 40.5 Å². The van der Waals surface area contributed by atoms with Gasteiger partial charge < -0.3 is 10.1 Å². The normalized spacial score (nSPS) is 11.2. The second-order valence-corrected chi connectivity index (χ2v) is 4.65. The molecule has 0 aliphatic heterocycles. The molecule has 0 fully saturated rings. The maximum Gasteiger partial charge on any atom is 0.416 e. The van der Waals surface area contributed by atoms with Gasteiger partial charge >= 0.3 is 12.1 Å². The Morgan fingerprint density at radius 2 is 2.11 bits per heavy atom. The van der Waals surface area contributed by atoms with E-state index >= 15 is 0 Å². The molecule has 0 aliphatic rings. The molecule has 0 spiro atoms. The van der Waals surface area contributed by atoms with Gasteiger partial charge in [0.2, 0.25) is 0 Å². The van der Waals surface area contributed by atoms with Gasteiger partial charge in [-0.2, -0.15) is 13.2 Å². The van der Waals surface area contributed by atoms with Crippen LogP contribution >= 0.6 is 15.9 Å². The number of nitrogens with one attached hydrogen (secondary N) is 1. The third-order valence-corrected chi connectivity index (χ3v) is 3.09. The van der Waals surface area contributed by atoms with E-state index in [1.165, 1.54) is 13.2 Å². The molecule has 19 heavy (non-hydrogen) atoms. The highest BCUT2D eigenvalue weighted by molar-refractivity contribution is 9.10. The average molecular weight is 340 g/mol. The highest BCUT2D eigenvalue weighted by Crippen LogP contribution is 2.33. The number of benzene rings is 1. The lowest BCUT2D eigenvalue weighted by Crippen LogP contribution is -2.09. The predicted octanol–water partition coefficient (Wildman–Crippen LogP) is 3.83. The molecule has 0 amide bonds. The molecule has 0 aliphatic carbocycles. The molecule has 1 aromatic rings. The lowest BCUT2D eigenvalue weighted by atomic mass is 10.2. The Morgan fingerprint density at radius 1 is 1.42 bits per heavy atom. The van der Waals surface area contributed by atoms with Crippen molar-refractivity contribution < 1.29 is 22.7 Å². The number of methoxy groups -OCH3 is 1. The van der Waals surface area contributed by atoms with Gasteiger partial charge in [-0.15, -0.1) is 0 Å². The van der Waals surface area contributed by atoms with Gasteiger partial charge in [-0.1, -0.05) is 0 Å². The summed E-state index contributed by atoms with van der Waals surface area (Å²) in [5.74, 6) is -0.343. The minimum Gasteiger partial charge on any atom is -0.469 e. The first-order valence-electron chi connectivity index (χ1n) is 5.52. The fraction of sp³-hybridized carbons (Fsp3) is 0.417. The molecule has 0 heterocycles. The summed E-state index contributed by atoms with van der Waals surface area (Å²) in [6.07, 6.45) is -3.67. The Balaban J connectivity index is 2.60. The van der Waals surface area contributed by atoms with Crippen LogP contribution in [0.5, 0.6) is 0 Å². The summed E-state index contributed by atoms with van der Waals surface area (Å²) in [6.45, 7) is 0.384. The van der Waals surface area contributed by atoms with Gasteiger partial charge in [0, 0.05) is 23.1 Å². The largest absolute Gasteiger partial charge is 0.469 e. The third kappa shape index (κ3) is 5.10. The lowest BCUT2D eigenvalue weighted by Gasteiger charge is -2.12. The van der Waals surface area contributed by atoms with E-state index in [2.05, 4.69) is 26.0 Å². The zero-order valence-corrected chi connectivity index (χ0v) is 11.8. The van der Waals surface area contributed by atoms with Gasteiger partial charge in [-0.25, -0.2) is 0 Å². The van der Waals surface area contributed by atoms with Crippen LogP contribution in [0.2, 0.25) is 0 Å². The molecule has 106 valence electrons. The molecule has 0 aromatic heterocycles. The second kappa shape index (κ2) is 6.79. The standard InChI is InChI=1S/C12H13BrF3NO2/c1-19-11(18)3-2-6-17-10-7-8(12(14,15)16)4-5-9(10)13/h4-5,7,17H,2-3,6H2,1H3. The average Bonchev–Trinajstić information content (AvgIpc) is 2.34. The number of carbonyl (C=O) groups excluding carboxylic acids is 1. The number of alkyl halides is 3. The van der Waals surface area contributed by atoms with E-state index in [0.717, 1.165) is 12.1 Å². The summed E-state index contributed by atoms with van der Waals surface area (Å²) in [6, 6.07) is 3.37. The fourth-order valence-electron chi connectivity index (χ4n) is 1.39. The molecule has 1 rings (SSSR count). The van der Waals surface area contributed by atoms with E-state index in [4.69, 9.17) is 0 Å². The quantitative estimate of drug-likeness (QED) is 0.654. The van der Waals surface area contributed by atoms with E-state index in [9.17, 15) is 18.0 Å². The van der Waals surface area contributed by atoms with Crippen molar-refractivity contribution >= 4 is 27.6 Å².